The molecule has 2 atom stereocenters. The zero-order chi connectivity index (χ0) is 14.5. The zero-order valence-corrected chi connectivity index (χ0v) is 11.6. The van der Waals surface area contributed by atoms with E-state index < -0.39 is 6.29 Å². The molecular weight excluding hydrogens is 252 g/mol. The van der Waals surface area contributed by atoms with Gasteiger partial charge in [-0.1, -0.05) is 36.9 Å². The van der Waals surface area contributed by atoms with Crippen LogP contribution in [0.25, 0.3) is 0 Å². The minimum atomic E-state index is -0.814. The SMILES string of the molecule is C=C/C=C(\C=C/C)C1CC(O)Oc2ccc(CO)cc21. The lowest BCUT2D eigenvalue weighted by atomic mass is 9.84. The molecule has 1 aliphatic heterocycles. The topological polar surface area (TPSA) is 49.7 Å². The van der Waals surface area contributed by atoms with E-state index in [4.69, 9.17) is 4.74 Å². The van der Waals surface area contributed by atoms with Crippen molar-refractivity contribution in [2.75, 3.05) is 0 Å². The maximum Gasteiger partial charge on any atom is 0.198 e. The van der Waals surface area contributed by atoms with Gasteiger partial charge in [-0.3, -0.25) is 0 Å². The van der Waals surface area contributed by atoms with Crippen LogP contribution in [0, 0.1) is 0 Å². The second-order valence-corrected chi connectivity index (χ2v) is 4.79. The van der Waals surface area contributed by atoms with Gasteiger partial charge in [-0.25, -0.2) is 0 Å². The van der Waals surface area contributed by atoms with Gasteiger partial charge >= 0.3 is 0 Å². The minimum absolute atomic E-state index is 0.00727. The first-order valence-electron chi connectivity index (χ1n) is 6.73. The standard InChI is InChI=1S/C17H20O3/c1-3-5-13(6-4-2)14-10-17(19)20-16-8-7-12(11-18)9-15(14)16/h3-9,14,17-19H,1,10-11H2,2H3/b6-4-,13-5+. The van der Waals surface area contributed by atoms with Crippen LogP contribution in [0.1, 0.15) is 30.4 Å². The van der Waals surface area contributed by atoms with Gasteiger partial charge in [-0.2, -0.15) is 0 Å². The molecule has 0 saturated carbocycles. The second kappa shape index (κ2) is 6.55. The zero-order valence-electron chi connectivity index (χ0n) is 11.6. The predicted molar refractivity (Wildman–Crippen MR) is 79.5 cm³/mol. The first kappa shape index (κ1) is 14.6. The summed E-state index contributed by atoms with van der Waals surface area (Å²) in [6.45, 7) is 5.69. The van der Waals surface area contributed by atoms with E-state index in [-0.39, 0.29) is 12.5 Å². The summed E-state index contributed by atoms with van der Waals surface area (Å²) in [5, 5.41) is 19.2. The van der Waals surface area contributed by atoms with Crippen LogP contribution in [-0.2, 0) is 6.61 Å². The van der Waals surface area contributed by atoms with Gasteiger partial charge in [0.25, 0.3) is 0 Å². The number of fused-ring (bicyclic) bond motifs is 1. The van der Waals surface area contributed by atoms with Crippen molar-refractivity contribution < 1.29 is 14.9 Å². The third-order valence-electron chi connectivity index (χ3n) is 3.40. The Morgan fingerprint density at radius 3 is 2.95 bits per heavy atom. The van der Waals surface area contributed by atoms with Crippen molar-refractivity contribution in [2.24, 2.45) is 0 Å². The fourth-order valence-corrected chi connectivity index (χ4v) is 2.53. The van der Waals surface area contributed by atoms with Crippen LogP contribution in [-0.4, -0.2) is 16.5 Å². The first-order chi connectivity index (χ1) is 9.69. The van der Waals surface area contributed by atoms with Crippen LogP contribution in [0.4, 0.5) is 0 Å². The predicted octanol–water partition coefficient (Wildman–Crippen LogP) is 3.05. The second-order valence-electron chi connectivity index (χ2n) is 4.79. The summed E-state index contributed by atoms with van der Waals surface area (Å²) in [6, 6.07) is 5.55. The van der Waals surface area contributed by atoms with Crippen molar-refractivity contribution in [1.82, 2.24) is 0 Å². The molecule has 2 unspecified atom stereocenters. The van der Waals surface area contributed by atoms with Gasteiger partial charge in [0.15, 0.2) is 6.29 Å². The Balaban J connectivity index is 2.49. The Hall–Kier alpha value is -1.84. The number of allylic oxidation sites excluding steroid dienone is 5. The van der Waals surface area contributed by atoms with Crippen molar-refractivity contribution in [3.63, 3.8) is 0 Å². The molecule has 0 aromatic heterocycles. The van der Waals surface area contributed by atoms with Gasteiger partial charge in [0.05, 0.1) is 6.61 Å². The molecule has 0 aliphatic carbocycles. The van der Waals surface area contributed by atoms with Gasteiger partial charge in [0.1, 0.15) is 5.75 Å². The maximum atomic E-state index is 9.89. The lowest BCUT2D eigenvalue weighted by Gasteiger charge is -2.30. The Bertz CT molecular complexity index is 543. The third-order valence-corrected chi connectivity index (χ3v) is 3.40. The molecular formula is C17H20O3. The van der Waals surface area contributed by atoms with E-state index in [1.54, 1.807) is 18.2 Å². The fourth-order valence-electron chi connectivity index (χ4n) is 2.53. The van der Waals surface area contributed by atoms with Gasteiger partial charge in [-0.05, 0) is 30.2 Å². The molecule has 0 radical (unpaired) electrons. The summed E-state index contributed by atoms with van der Waals surface area (Å²) in [5.41, 5.74) is 2.90. The molecule has 0 spiro atoms. The molecule has 106 valence electrons. The molecule has 1 heterocycles. The monoisotopic (exact) mass is 272 g/mol. The number of hydrogen-bond donors (Lipinski definition) is 2. The molecule has 2 N–H and O–H groups in total. The number of rotatable bonds is 4. The van der Waals surface area contributed by atoms with E-state index in [2.05, 4.69) is 6.58 Å². The number of aliphatic hydroxyl groups is 2. The molecule has 1 aliphatic rings. The van der Waals surface area contributed by atoms with Crippen LogP contribution in [0.3, 0.4) is 0 Å². The summed E-state index contributed by atoms with van der Waals surface area (Å²) in [5.74, 6) is 0.708. The van der Waals surface area contributed by atoms with Crippen LogP contribution < -0.4 is 4.74 Å². The highest BCUT2D eigenvalue weighted by Gasteiger charge is 2.28. The van der Waals surface area contributed by atoms with Crippen LogP contribution >= 0.6 is 0 Å². The number of ether oxygens (including phenoxy) is 1. The summed E-state index contributed by atoms with van der Waals surface area (Å²) in [6.07, 6.45) is 7.34. The summed E-state index contributed by atoms with van der Waals surface area (Å²) in [7, 11) is 0. The van der Waals surface area contributed by atoms with E-state index in [1.165, 1.54) is 0 Å². The molecule has 0 saturated heterocycles. The van der Waals surface area contributed by atoms with Crippen LogP contribution in [0.2, 0.25) is 0 Å². The fraction of sp³-hybridized carbons (Fsp3) is 0.294. The normalized spacial score (nSPS) is 22.4. The molecule has 2 rings (SSSR count). The van der Waals surface area contributed by atoms with Crippen molar-refractivity contribution in [3.8, 4) is 5.75 Å². The lowest BCUT2D eigenvalue weighted by molar-refractivity contribution is -0.0360. The molecule has 20 heavy (non-hydrogen) atoms. The van der Waals surface area contributed by atoms with Crippen molar-refractivity contribution in [2.45, 2.75) is 32.2 Å². The Labute approximate surface area is 119 Å². The quantitative estimate of drug-likeness (QED) is 0.828. The summed E-state index contributed by atoms with van der Waals surface area (Å²) in [4.78, 5) is 0. The van der Waals surface area contributed by atoms with Crippen molar-refractivity contribution in [1.29, 1.82) is 0 Å². The minimum Gasteiger partial charge on any atom is -0.465 e. The first-order valence-corrected chi connectivity index (χ1v) is 6.73. The molecule has 1 aromatic rings. The van der Waals surface area contributed by atoms with Gasteiger partial charge in [-0.15, -0.1) is 0 Å². The number of aliphatic hydroxyl groups excluding tert-OH is 2. The molecule has 0 bridgehead atoms. The molecule has 0 amide bonds. The van der Waals surface area contributed by atoms with Gasteiger partial charge in [0.2, 0.25) is 0 Å². The van der Waals surface area contributed by atoms with E-state index in [9.17, 15) is 10.2 Å². The molecule has 1 aromatic carbocycles. The van der Waals surface area contributed by atoms with Gasteiger partial charge < -0.3 is 14.9 Å². The largest absolute Gasteiger partial charge is 0.465 e. The Morgan fingerprint density at radius 1 is 1.50 bits per heavy atom. The van der Waals surface area contributed by atoms with E-state index in [0.717, 1.165) is 16.7 Å². The van der Waals surface area contributed by atoms with Gasteiger partial charge in [0, 0.05) is 17.9 Å². The lowest BCUT2D eigenvalue weighted by Crippen LogP contribution is -2.26. The Kier molecular flexibility index (Phi) is 4.77. The third kappa shape index (κ3) is 3.00. The van der Waals surface area contributed by atoms with Crippen molar-refractivity contribution >= 4 is 0 Å². The summed E-state index contributed by atoms with van der Waals surface area (Å²) >= 11 is 0. The number of benzene rings is 1. The summed E-state index contributed by atoms with van der Waals surface area (Å²) < 4.78 is 5.46. The highest BCUT2D eigenvalue weighted by atomic mass is 16.6. The van der Waals surface area contributed by atoms with Crippen LogP contribution in [0.15, 0.2) is 54.7 Å². The molecule has 3 heteroatoms. The van der Waals surface area contributed by atoms with Crippen LogP contribution in [0.5, 0.6) is 5.75 Å². The van der Waals surface area contributed by atoms with Crippen molar-refractivity contribution in [3.05, 3.63) is 65.8 Å². The molecule has 3 nitrogen and oxygen atoms in total. The Morgan fingerprint density at radius 2 is 2.30 bits per heavy atom. The highest BCUT2D eigenvalue weighted by Crippen LogP contribution is 2.41. The molecule has 0 fully saturated rings. The van der Waals surface area contributed by atoms with E-state index in [0.29, 0.717) is 12.2 Å². The average Bonchev–Trinajstić information content (AvgIpc) is 2.45. The highest BCUT2D eigenvalue weighted by molar-refractivity contribution is 5.47. The number of hydrogen-bond acceptors (Lipinski definition) is 3. The maximum absolute atomic E-state index is 9.89. The van der Waals surface area contributed by atoms with E-state index >= 15 is 0 Å². The van der Waals surface area contributed by atoms with E-state index in [1.807, 2.05) is 31.2 Å². The average molecular weight is 272 g/mol. The smallest absolute Gasteiger partial charge is 0.198 e.